The van der Waals surface area contributed by atoms with Crippen molar-refractivity contribution in [2.24, 2.45) is 0 Å². The van der Waals surface area contributed by atoms with Crippen LogP contribution in [0.5, 0.6) is 5.75 Å². The van der Waals surface area contributed by atoms with Crippen LogP contribution >= 0.6 is 15.9 Å². The summed E-state index contributed by atoms with van der Waals surface area (Å²) >= 11 is 3.44. The minimum atomic E-state index is 0.677. The lowest BCUT2D eigenvalue weighted by Gasteiger charge is -2.13. The van der Waals surface area contributed by atoms with Crippen LogP contribution in [0.15, 0.2) is 46.9 Å². The molecule has 0 amide bonds. The first-order valence-corrected chi connectivity index (χ1v) is 7.20. The maximum absolute atomic E-state index is 5.66. The van der Waals surface area contributed by atoms with Gasteiger partial charge in [0.15, 0.2) is 0 Å². The Labute approximate surface area is 122 Å². The van der Waals surface area contributed by atoms with E-state index in [1.54, 1.807) is 0 Å². The first-order valence-electron chi connectivity index (χ1n) is 6.41. The highest BCUT2D eigenvalue weighted by molar-refractivity contribution is 9.10. The third-order valence-corrected chi connectivity index (χ3v) is 3.36. The van der Waals surface area contributed by atoms with Crippen LogP contribution in [0.25, 0.3) is 0 Å². The normalized spacial score (nSPS) is 10.3. The Morgan fingerprint density at radius 2 is 1.84 bits per heavy atom. The molecular weight excluding hydrogens is 302 g/mol. The molecule has 0 aromatic heterocycles. The van der Waals surface area contributed by atoms with E-state index in [-0.39, 0.29) is 0 Å². The molecule has 0 spiro atoms. The number of halogens is 1. The van der Waals surface area contributed by atoms with Crippen LogP contribution in [0.2, 0.25) is 0 Å². The Morgan fingerprint density at radius 1 is 1.11 bits per heavy atom. The summed E-state index contributed by atoms with van der Waals surface area (Å²) in [5.74, 6) is 0.916. The molecule has 19 heavy (non-hydrogen) atoms. The number of benzene rings is 2. The topological polar surface area (TPSA) is 21.3 Å². The number of hydrogen-bond donors (Lipinski definition) is 1. The predicted molar refractivity (Wildman–Crippen MR) is 83.8 cm³/mol. The van der Waals surface area contributed by atoms with Gasteiger partial charge >= 0.3 is 0 Å². The zero-order valence-electron chi connectivity index (χ0n) is 11.2. The van der Waals surface area contributed by atoms with Crippen LogP contribution in [-0.4, -0.2) is 6.61 Å². The molecule has 0 saturated carbocycles. The zero-order valence-corrected chi connectivity index (χ0v) is 12.8. The van der Waals surface area contributed by atoms with Crippen molar-refractivity contribution in [2.75, 3.05) is 11.9 Å². The molecule has 0 atom stereocenters. The first kappa shape index (κ1) is 13.9. The van der Waals surface area contributed by atoms with Crippen molar-refractivity contribution >= 4 is 21.6 Å². The minimum Gasteiger partial charge on any atom is -0.492 e. The monoisotopic (exact) mass is 319 g/mol. The van der Waals surface area contributed by atoms with Crippen molar-refractivity contribution < 1.29 is 4.74 Å². The number of aryl methyl sites for hydroxylation is 1. The third-order valence-electron chi connectivity index (χ3n) is 2.83. The molecule has 0 fully saturated rings. The van der Waals surface area contributed by atoms with Crippen LogP contribution < -0.4 is 10.1 Å². The highest BCUT2D eigenvalue weighted by Crippen LogP contribution is 2.26. The lowest BCUT2D eigenvalue weighted by Crippen LogP contribution is -2.03. The number of hydrogen-bond acceptors (Lipinski definition) is 2. The van der Waals surface area contributed by atoms with Crippen molar-refractivity contribution in [3.63, 3.8) is 0 Å². The Bertz CT molecular complexity index is 537. The van der Waals surface area contributed by atoms with E-state index >= 15 is 0 Å². The van der Waals surface area contributed by atoms with Crippen molar-refractivity contribution in [2.45, 2.75) is 20.4 Å². The van der Waals surface area contributed by atoms with E-state index in [1.165, 1.54) is 11.1 Å². The second-order valence-corrected chi connectivity index (χ2v) is 5.33. The van der Waals surface area contributed by atoms with Gasteiger partial charge in [-0.2, -0.15) is 0 Å². The van der Waals surface area contributed by atoms with E-state index in [2.05, 4.69) is 70.6 Å². The van der Waals surface area contributed by atoms with Crippen molar-refractivity contribution in [1.82, 2.24) is 0 Å². The van der Waals surface area contributed by atoms with E-state index in [9.17, 15) is 0 Å². The summed E-state index contributed by atoms with van der Waals surface area (Å²) in [6.07, 6.45) is 0. The summed E-state index contributed by atoms with van der Waals surface area (Å²) in [5.41, 5.74) is 3.49. The van der Waals surface area contributed by atoms with Gasteiger partial charge in [-0.25, -0.2) is 0 Å². The molecule has 0 unspecified atom stereocenters. The first-order chi connectivity index (χ1) is 9.19. The van der Waals surface area contributed by atoms with Gasteiger partial charge in [-0.15, -0.1) is 0 Å². The van der Waals surface area contributed by atoms with Gasteiger partial charge in [0.05, 0.1) is 12.3 Å². The second-order valence-electron chi connectivity index (χ2n) is 4.41. The van der Waals surface area contributed by atoms with Crippen LogP contribution in [0, 0.1) is 6.92 Å². The van der Waals surface area contributed by atoms with Crippen LogP contribution in [0.3, 0.4) is 0 Å². The van der Waals surface area contributed by atoms with E-state index in [0.29, 0.717) is 6.61 Å². The van der Waals surface area contributed by atoms with Gasteiger partial charge in [-0.3, -0.25) is 0 Å². The number of rotatable bonds is 5. The van der Waals surface area contributed by atoms with Crippen molar-refractivity contribution in [1.29, 1.82) is 0 Å². The standard InChI is InChI=1S/C16H18BrNO/c1-3-19-16-10-12(2)4-9-15(16)18-11-13-5-7-14(17)8-6-13/h4-10,18H,3,11H2,1-2H3. The fourth-order valence-corrected chi connectivity index (χ4v) is 2.11. The highest BCUT2D eigenvalue weighted by atomic mass is 79.9. The molecule has 0 aliphatic heterocycles. The molecule has 0 radical (unpaired) electrons. The molecule has 3 heteroatoms. The summed E-state index contributed by atoms with van der Waals surface area (Å²) in [6, 6.07) is 14.5. The van der Waals surface area contributed by atoms with Gasteiger partial charge in [-0.1, -0.05) is 34.1 Å². The Balaban J connectivity index is 2.08. The average Bonchev–Trinajstić information content (AvgIpc) is 2.40. The van der Waals surface area contributed by atoms with Crippen LogP contribution in [0.4, 0.5) is 5.69 Å². The van der Waals surface area contributed by atoms with E-state index in [0.717, 1.165) is 22.5 Å². The van der Waals surface area contributed by atoms with Gasteiger partial charge < -0.3 is 10.1 Å². The third kappa shape index (κ3) is 4.00. The molecule has 2 aromatic carbocycles. The molecule has 0 heterocycles. The summed E-state index contributed by atoms with van der Waals surface area (Å²) in [7, 11) is 0. The maximum atomic E-state index is 5.66. The van der Waals surface area contributed by atoms with Crippen molar-refractivity contribution in [3.05, 3.63) is 58.1 Å². The summed E-state index contributed by atoms with van der Waals surface area (Å²) < 4.78 is 6.75. The molecule has 2 rings (SSSR count). The maximum Gasteiger partial charge on any atom is 0.142 e. The average molecular weight is 320 g/mol. The lowest BCUT2D eigenvalue weighted by atomic mass is 10.2. The molecular formula is C16H18BrNO. The molecule has 0 aliphatic carbocycles. The Kier molecular flexibility index (Phi) is 4.86. The molecule has 0 aliphatic rings. The Hall–Kier alpha value is -1.48. The summed E-state index contributed by atoms with van der Waals surface area (Å²) in [5, 5.41) is 3.42. The number of nitrogens with one attached hydrogen (secondary N) is 1. The Morgan fingerprint density at radius 3 is 2.53 bits per heavy atom. The highest BCUT2D eigenvalue weighted by Gasteiger charge is 2.03. The number of anilines is 1. The quantitative estimate of drug-likeness (QED) is 0.857. The molecule has 0 saturated heterocycles. The zero-order chi connectivity index (χ0) is 13.7. The molecule has 1 N–H and O–H groups in total. The molecule has 2 nitrogen and oxygen atoms in total. The van der Waals surface area contributed by atoms with Gasteiger partial charge in [0, 0.05) is 11.0 Å². The fraction of sp³-hybridized carbons (Fsp3) is 0.250. The van der Waals surface area contributed by atoms with Crippen molar-refractivity contribution in [3.8, 4) is 5.75 Å². The summed E-state index contributed by atoms with van der Waals surface area (Å²) in [6.45, 7) is 5.54. The lowest BCUT2D eigenvalue weighted by molar-refractivity contribution is 0.341. The van der Waals surface area contributed by atoms with E-state index in [4.69, 9.17) is 4.74 Å². The fourth-order valence-electron chi connectivity index (χ4n) is 1.85. The van der Waals surface area contributed by atoms with E-state index < -0.39 is 0 Å². The largest absolute Gasteiger partial charge is 0.492 e. The number of ether oxygens (including phenoxy) is 1. The smallest absolute Gasteiger partial charge is 0.142 e. The van der Waals surface area contributed by atoms with Gasteiger partial charge in [0.1, 0.15) is 5.75 Å². The molecule has 100 valence electrons. The van der Waals surface area contributed by atoms with Gasteiger partial charge in [0.2, 0.25) is 0 Å². The van der Waals surface area contributed by atoms with E-state index in [1.807, 2.05) is 6.92 Å². The predicted octanol–water partition coefficient (Wildman–Crippen LogP) is 4.77. The summed E-state index contributed by atoms with van der Waals surface area (Å²) in [4.78, 5) is 0. The van der Waals surface area contributed by atoms with Gasteiger partial charge in [0.25, 0.3) is 0 Å². The van der Waals surface area contributed by atoms with Crippen LogP contribution in [-0.2, 0) is 6.54 Å². The molecule has 2 aromatic rings. The van der Waals surface area contributed by atoms with Gasteiger partial charge in [-0.05, 0) is 49.2 Å². The second kappa shape index (κ2) is 6.62. The molecule has 0 bridgehead atoms. The minimum absolute atomic E-state index is 0.677. The van der Waals surface area contributed by atoms with Crippen LogP contribution in [0.1, 0.15) is 18.1 Å². The SMILES string of the molecule is CCOc1cc(C)ccc1NCc1ccc(Br)cc1.